The van der Waals surface area contributed by atoms with Gasteiger partial charge in [-0.1, -0.05) is 0 Å². The van der Waals surface area contributed by atoms with Crippen molar-refractivity contribution in [3.05, 3.63) is 41.9 Å². The van der Waals surface area contributed by atoms with Gasteiger partial charge in [-0.15, -0.1) is 0 Å². The van der Waals surface area contributed by atoms with Gasteiger partial charge >= 0.3 is 0 Å². The first-order valence-corrected chi connectivity index (χ1v) is 11.7. The molecule has 12 heteroatoms. The Morgan fingerprint density at radius 2 is 2.03 bits per heavy atom. The molecule has 190 valence electrons. The largest absolute Gasteiger partial charge is 0.391 e. The van der Waals surface area contributed by atoms with Crippen molar-refractivity contribution in [1.82, 2.24) is 24.8 Å². The van der Waals surface area contributed by atoms with E-state index in [0.717, 1.165) is 12.8 Å². The molecule has 0 spiro atoms. The molecule has 1 aliphatic carbocycles. The van der Waals surface area contributed by atoms with Crippen LogP contribution in [0.5, 0.6) is 0 Å². The summed E-state index contributed by atoms with van der Waals surface area (Å²) in [5.74, 6) is 0.359. The van der Waals surface area contributed by atoms with Crippen molar-refractivity contribution >= 4 is 23.2 Å². The predicted molar refractivity (Wildman–Crippen MR) is 127 cm³/mol. The van der Waals surface area contributed by atoms with Crippen LogP contribution >= 0.6 is 0 Å². The zero-order valence-electron chi connectivity index (χ0n) is 19.5. The average molecular weight is 492 g/mol. The third kappa shape index (κ3) is 5.22. The van der Waals surface area contributed by atoms with Gasteiger partial charge in [-0.25, -0.2) is 4.98 Å². The lowest BCUT2D eigenvalue weighted by Gasteiger charge is -2.37. The Morgan fingerprint density at radius 3 is 2.69 bits per heavy atom. The van der Waals surface area contributed by atoms with Crippen molar-refractivity contribution in [2.45, 2.75) is 56.5 Å². The van der Waals surface area contributed by atoms with Crippen molar-refractivity contribution in [3.8, 4) is 0 Å². The molecular formula is C23H31F2N7O3. The van der Waals surface area contributed by atoms with E-state index in [9.17, 15) is 23.8 Å². The molecule has 1 amide bonds. The molecule has 4 rings (SSSR count). The predicted octanol–water partition coefficient (Wildman–Crippen LogP) is 1.95. The Labute approximate surface area is 201 Å². The fraction of sp³-hybridized carbons (Fsp3) is 0.522. The van der Waals surface area contributed by atoms with E-state index in [1.807, 2.05) is 0 Å². The number of hydrogen-bond donors (Lipinski definition) is 5. The van der Waals surface area contributed by atoms with Crippen LogP contribution < -0.4 is 16.0 Å². The van der Waals surface area contributed by atoms with Crippen molar-refractivity contribution in [1.29, 1.82) is 0 Å². The number of aliphatic hydroxyl groups is 2. The quantitative estimate of drug-likeness (QED) is 0.341. The van der Waals surface area contributed by atoms with Crippen LogP contribution in [0.2, 0.25) is 0 Å². The minimum absolute atomic E-state index is 0.0165. The Morgan fingerprint density at radius 1 is 1.26 bits per heavy atom. The minimum Gasteiger partial charge on any atom is -0.391 e. The second-order valence-corrected chi connectivity index (χ2v) is 8.67. The lowest BCUT2D eigenvalue weighted by molar-refractivity contribution is -0.000965. The first kappa shape index (κ1) is 24.9. The molecule has 1 aliphatic heterocycles. The number of alkyl halides is 2. The van der Waals surface area contributed by atoms with E-state index < -0.39 is 37.6 Å². The molecule has 2 aliphatic rings. The second kappa shape index (κ2) is 11.0. The second-order valence-electron chi connectivity index (χ2n) is 8.67. The molecule has 3 atom stereocenters. The van der Waals surface area contributed by atoms with Gasteiger partial charge in [-0.2, -0.15) is 9.61 Å². The SMILES string of the molecule is CNc1cc(NC2=CC=CN(C3CCC[C@H]3O)C2O)nc2c(C(=O)NC(CCF)CCF)cnn12. The van der Waals surface area contributed by atoms with Crippen LogP contribution in [-0.4, -0.2) is 80.4 Å². The van der Waals surface area contributed by atoms with E-state index >= 15 is 0 Å². The van der Waals surface area contributed by atoms with E-state index in [2.05, 4.69) is 26.0 Å². The van der Waals surface area contributed by atoms with Gasteiger partial charge < -0.3 is 31.1 Å². The third-order valence-electron chi connectivity index (χ3n) is 6.42. The third-order valence-corrected chi connectivity index (χ3v) is 6.42. The van der Waals surface area contributed by atoms with Crippen molar-refractivity contribution in [2.24, 2.45) is 0 Å². The summed E-state index contributed by atoms with van der Waals surface area (Å²) < 4.78 is 27.0. The lowest BCUT2D eigenvalue weighted by atomic mass is 10.1. The molecule has 0 radical (unpaired) electrons. The van der Waals surface area contributed by atoms with E-state index in [1.54, 1.807) is 36.4 Å². The van der Waals surface area contributed by atoms with Crippen LogP contribution in [0.3, 0.4) is 0 Å². The van der Waals surface area contributed by atoms with Gasteiger partial charge in [-0.05, 0) is 44.3 Å². The Kier molecular flexibility index (Phi) is 7.81. The number of carbonyl (C=O) groups excluding carboxylic acids is 1. The van der Waals surface area contributed by atoms with E-state index in [4.69, 9.17) is 0 Å². The number of nitrogens with zero attached hydrogens (tertiary/aromatic N) is 4. The van der Waals surface area contributed by atoms with E-state index in [0.29, 0.717) is 23.8 Å². The molecule has 0 aromatic carbocycles. The molecule has 2 aromatic rings. The van der Waals surface area contributed by atoms with Crippen LogP contribution in [0.4, 0.5) is 20.4 Å². The van der Waals surface area contributed by atoms with Crippen molar-refractivity contribution in [3.63, 3.8) is 0 Å². The fourth-order valence-corrected chi connectivity index (χ4v) is 4.57. The van der Waals surface area contributed by atoms with Crippen molar-refractivity contribution < 1.29 is 23.8 Å². The number of hydrogen-bond acceptors (Lipinski definition) is 8. The summed E-state index contributed by atoms with van der Waals surface area (Å²) in [5, 5.41) is 34.2. The summed E-state index contributed by atoms with van der Waals surface area (Å²) in [6.07, 6.45) is 7.50. The Balaban J connectivity index is 1.58. The number of carbonyl (C=O) groups is 1. The number of aromatic nitrogens is 3. The number of halogens is 2. The van der Waals surface area contributed by atoms with Crippen LogP contribution in [0.1, 0.15) is 42.5 Å². The molecule has 0 bridgehead atoms. The highest BCUT2D eigenvalue weighted by atomic mass is 19.1. The van der Waals surface area contributed by atoms with Crippen LogP contribution in [0.25, 0.3) is 5.65 Å². The zero-order chi connectivity index (χ0) is 24.9. The highest BCUT2D eigenvalue weighted by Crippen LogP contribution is 2.30. The first-order valence-electron chi connectivity index (χ1n) is 11.7. The monoisotopic (exact) mass is 491 g/mol. The number of allylic oxidation sites excluding steroid dienone is 2. The number of nitrogens with one attached hydrogen (secondary N) is 3. The summed E-state index contributed by atoms with van der Waals surface area (Å²) in [4.78, 5) is 19.1. The normalized spacial score (nSPS) is 22.1. The number of fused-ring (bicyclic) bond motifs is 1. The van der Waals surface area contributed by atoms with E-state index in [1.165, 1.54) is 10.7 Å². The Bertz CT molecular complexity index is 1100. The molecule has 1 saturated carbocycles. The Hall–Kier alpha value is -3.25. The molecule has 2 aromatic heterocycles. The molecular weight excluding hydrogens is 460 g/mol. The first-order chi connectivity index (χ1) is 17.0. The van der Waals surface area contributed by atoms with Gasteiger partial charge in [0.05, 0.1) is 37.4 Å². The fourth-order valence-electron chi connectivity index (χ4n) is 4.57. The van der Waals surface area contributed by atoms with Gasteiger partial charge in [0.15, 0.2) is 11.9 Å². The molecule has 5 N–H and O–H groups in total. The van der Waals surface area contributed by atoms with Crippen molar-refractivity contribution in [2.75, 3.05) is 31.0 Å². The van der Waals surface area contributed by atoms with Gasteiger partial charge in [0.1, 0.15) is 17.2 Å². The van der Waals surface area contributed by atoms with Crippen LogP contribution in [-0.2, 0) is 0 Å². The van der Waals surface area contributed by atoms with Gasteiger partial charge in [-0.3, -0.25) is 13.6 Å². The number of rotatable bonds is 10. The molecule has 3 heterocycles. The average Bonchev–Trinajstić information content (AvgIpc) is 3.46. The number of anilines is 2. The number of aliphatic hydroxyl groups excluding tert-OH is 2. The summed E-state index contributed by atoms with van der Waals surface area (Å²) in [5.41, 5.74) is 0.851. The van der Waals surface area contributed by atoms with E-state index in [-0.39, 0.29) is 30.1 Å². The highest BCUT2D eigenvalue weighted by Gasteiger charge is 2.34. The lowest BCUT2D eigenvalue weighted by Crippen LogP contribution is -2.46. The van der Waals surface area contributed by atoms with Gasteiger partial charge in [0, 0.05) is 25.4 Å². The highest BCUT2D eigenvalue weighted by molar-refractivity contribution is 6.00. The standard InChI is InChI=1S/C23H31F2N7O3/c1-26-20-12-19(29-16-4-3-11-31(23(16)35)17-5-2-6-18(17)33)30-21-15(13-27-32(20)21)22(34)28-14(7-9-24)8-10-25/h3-4,11-14,17-18,23,26,33,35H,2,5-10H2,1H3,(H,28,34)(H,29,30)/t17?,18-,23?/m1/s1. The molecule has 1 fully saturated rings. The maximum absolute atomic E-state index is 12.9. The molecule has 2 unspecified atom stereocenters. The topological polar surface area (TPSA) is 127 Å². The minimum atomic E-state index is -1.01. The smallest absolute Gasteiger partial charge is 0.256 e. The molecule has 0 saturated heterocycles. The molecule has 10 nitrogen and oxygen atoms in total. The maximum Gasteiger partial charge on any atom is 0.256 e. The maximum atomic E-state index is 12.9. The summed E-state index contributed by atoms with van der Waals surface area (Å²) in [7, 11) is 1.69. The van der Waals surface area contributed by atoms with Gasteiger partial charge in [0.2, 0.25) is 0 Å². The summed E-state index contributed by atoms with van der Waals surface area (Å²) in [6.45, 7) is -1.34. The summed E-state index contributed by atoms with van der Waals surface area (Å²) >= 11 is 0. The summed E-state index contributed by atoms with van der Waals surface area (Å²) in [6, 6.07) is 0.864. The number of amides is 1. The molecule has 35 heavy (non-hydrogen) atoms. The van der Waals surface area contributed by atoms with Crippen LogP contribution in [0, 0.1) is 0 Å². The van der Waals surface area contributed by atoms with Gasteiger partial charge in [0.25, 0.3) is 5.91 Å². The van der Waals surface area contributed by atoms with Crippen LogP contribution in [0.15, 0.2) is 36.3 Å². The zero-order valence-corrected chi connectivity index (χ0v) is 19.5.